The maximum atomic E-state index is 6.13. The van der Waals surface area contributed by atoms with Gasteiger partial charge in [0.15, 0.2) is 0 Å². The maximum absolute atomic E-state index is 6.13. The lowest BCUT2D eigenvalue weighted by atomic mass is 10.0. The van der Waals surface area contributed by atoms with Crippen LogP contribution in [0.3, 0.4) is 0 Å². The van der Waals surface area contributed by atoms with Crippen LogP contribution < -0.4 is 10.1 Å². The predicted octanol–water partition coefficient (Wildman–Crippen LogP) is 3.09. The van der Waals surface area contributed by atoms with E-state index in [0.29, 0.717) is 12.0 Å². The molecule has 1 heterocycles. The molecule has 3 nitrogen and oxygen atoms in total. The number of fused-ring (bicyclic) bond motifs is 1. The fraction of sp³-hybridized carbons (Fsp3) is 0.647. The Bertz CT molecular complexity index is 441. The summed E-state index contributed by atoms with van der Waals surface area (Å²) in [5, 5.41) is 3.56. The summed E-state index contributed by atoms with van der Waals surface area (Å²) in [5.41, 5.74) is 2.86. The van der Waals surface area contributed by atoms with E-state index in [4.69, 9.17) is 9.47 Å². The molecule has 0 aromatic heterocycles. The molecule has 1 fully saturated rings. The molecule has 0 bridgehead atoms. The minimum absolute atomic E-state index is 0.515. The molecule has 20 heavy (non-hydrogen) atoms. The van der Waals surface area contributed by atoms with Crippen molar-refractivity contribution in [3.8, 4) is 5.75 Å². The SMILES string of the molecule is CCNC1CCc2c(OCC3CCOCC3)cccc21. The largest absolute Gasteiger partial charge is 0.493 e. The van der Waals surface area contributed by atoms with Crippen molar-refractivity contribution in [1.82, 2.24) is 5.32 Å². The summed E-state index contributed by atoms with van der Waals surface area (Å²) in [6.45, 7) is 5.82. The summed E-state index contributed by atoms with van der Waals surface area (Å²) in [7, 11) is 0. The maximum Gasteiger partial charge on any atom is 0.122 e. The van der Waals surface area contributed by atoms with E-state index in [0.717, 1.165) is 51.4 Å². The standard InChI is InChI=1S/C17H25NO2/c1-2-18-16-7-6-15-14(16)4-3-5-17(15)20-12-13-8-10-19-11-9-13/h3-5,13,16,18H,2,6-12H2,1H3. The van der Waals surface area contributed by atoms with Gasteiger partial charge < -0.3 is 14.8 Å². The number of hydrogen-bond donors (Lipinski definition) is 1. The average molecular weight is 275 g/mol. The van der Waals surface area contributed by atoms with Gasteiger partial charge in [0.1, 0.15) is 5.75 Å². The third-order valence-electron chi connectivity index (χ3n) is 4.49. The predicted molar refractivity (Wildman–Crippen MR) is 80.2 cm³/mol. The normalized spacial score (nSPS) is 22.8. The number of ether oxygens (including phenoxy) is 2. The molecule has 1 aromatic rings. The Labute approximate surface area is 121 Å². The lowest BCUT2D eigenvalue weighted by Crippen LogP contribution is -2.21. The Balaban J connectivity index is 1.65. The van der Waals surface area contributed by atoms with Crippen molar-refractivity contribution in [3.05, 3.63) is 29.3 Å². The van der Waals surface area contributed by atoms with Crippen LogP contribution in [-0.4, -0.2) is 26.4 Å². The van der Waals surface area contributed by atoms with E-state index in [1.807, 2.05) is 0 Å². The smallest absolute Gasteiger partial charge is 0.122 e. The molecule has 1 aliphatic heterocycles. The van der Waals surface area contributed by atoms with Crippen LogP contribution in [0.2, 0.25) is 0 Å². The molecule has 1 aliphatic carbocycles. The van der Waals surface area contributed by atoms with Crippen LogP contribution in [0.15, 0.2) is 18.2 Å². The van der Waals surface area contributed by atoms with E-state index in [-0.39, 0.29) is 0 Å². The van der Waals surface area contributed by atoms with Crippen LogP contribution in [0.1, 0.15) is 43.4 Å². The first-order valence-corrected chi connectivity index (χ1v) is 7.94. The highest BCUT2D eigenvalue weighted by atomic mass is 16.5. The summed E-state index contributed by atoms with van der Waals surface area (Å²) in [6, 6.07) is 7.03. The zero-order valence-corrected chi connectivity index (χ0v) is 12.4. The van der Waals surface area contributed by atoms with Gasteiger partial charge in [0.25, 0.3) is 0 Å². The summed E-state index contributed by atoms with van der Waals surface area (Å²) in [6.07, 6.45) is 4.60. The Kier molecular flexibility index (Phi) is 4.58. The zero-order valence-electron chi connectivity index (χ0n) is 12.4. The van der Waals surface area contributed by atoms with E-state index in [9.17, 15) is 0 Å². The van der Waals surface area contributed by atoms with Crippen LogP contribution in [0, 0.1) is 5.92 Å². The van der Waals surface area contributed by atoms with Crippen LogP contribution in [0.5, 0.6) is 5.75 Å². The quantitative estimate of drug-likeness (QED) is 0.895. The van der Waals surface area contributed by atoms with Crippen molar-refractivity contribution < 1.29 is 9.47 Å². The Hall–Kier alpha value is -1.06. The molecule has 110 valence electrons. The zero-order chi connectivity index (χ0) is 13.8. The minimum atomic E-state index is 0.515. The topological polar surface area (TPSA) is 30.5 Å². The Morgan fingerprint density at radius 1 is 1.25 bits per heavy atom. The van der Waals surface area contributed by atoms with Crippen molar-refractivity contribution in [3.63, 3.8) is 0 Å². The van der Waals surface area contributed by atoms with Crippen LogP contribution in [-0.2, 0) is 11.2 Å². The first kappa shape index (κ1) is 13.9. The highest BCUT2D eigenvalue weighted by Gasteiger charge is 2.24. The van der Waals surface area contributed by atoms with Gasteiger partial charge >= 0.3 is 0 Å². The lowest BCUT2D eigenvalue weighted by Gasteiger charge is -2.23. The van der Waals surface area contributed by atoms with Gasteiger partial charge in [-0.3, -0.25) is 0 Å². The summed E-state index contributed by atoms with van der Waals surface area (Å²) in [5.74, 6) is 1.76. The van der Waals surface area contributed by atoms with Gasteiger partial charge in [0.2, 0.25) is 0 Å². The molecule has 3 rings (SSSR count). The van der Waals surface area contributed by atoms with Crippen molar-refractivity contribution in [2.45, 2.75) is 38.6 Å². The molecule has 0 saturated carbocycles. The van der Waals surface area contributed by atoms with E-state index in [2.05, 4.69) is 30.4 Å². The molecule has 1 atom stereocenters. The first-order valence-electron chi connectivity index (χ1n) is 7.94. The molecule has 3 heteroatoms. The average Bonchev–Trinajstić information content (AvgIpc) is 2.91. The fourth-order valence-electron chi connectivity index (χ4n) is 3.34. The molecule has 0 spiro atoms. The van der Waals surface area contributed by atoms with E-state index < -0.39 is 0 Å². The van der Waals surface area contributed by atoms with E-state index in [1.54, 1.807) is 0 Å². The van der Waals surface area contributed by atoms with Crippen molar-refractivity contribution in [2.24, 2.45) is 5.92 Å². The van der Waals surface area contributed by atoms with E-state index >= 15 is 0 Å². The molecular formula is C17H25NO2. The van der Waals surface area contributed by atoms with Gasteiger partial charge in [-0.25, -0.2) is 0 Å². The van der Waals surface area contributed by atoms with Crippen molar-refractivity contribution in [2.75, 3.05) is 26.4 Å². The van der Waals surface area contributed by atoms with Crippen molar-refractivity contribution >= 4 is 0 Å². The second kappa shape index (κ2) is 6.59. The summed E-state index contributed by atoms with van der Waals surface area (Å²) < 4.78 is 11.5. The second-order valence-corrected chi connectivity index (χ2v) is 5.84. The third-order valence-corrected chi connectivity index (χ3v) is 4.49. The highest BCUT2D eigenvalue weighted by Crippen LogP contribution is 2.37. The molecular weight excluding hydrogens is 250 g/mol. The van der Waals surface area contributed by atoms with Gasteiger partial charge in [-0.05, 0) is 55.3 Å². The summed E-state index contributed by atoms with van der Waals surface area (Å²) in [4.78, 5) is 0. The Morgan fingerprint density at radius 2 is 2.10 bits per heavy atom. The van der Waals surface area contributed by atoms with Gasteiger partial charge in [0, 0.05) is 19.3 Å². The van der Waals surface area contributed by atoms with Gasteiger partial charge in [-0.15, -0.1) is 0 Å². The third kappa shape index (κ3) is 2.99. The second-order valence-electron chi connectivity index (χ2n) is 5.84. The first-order chi connectivity index (χ1) is 9.88. The molecule has 1 N–H and O–H groups in total. The van der Waals surface area contributed by atoms with Crippen LogP contribution in [0.25, 0.3) is 0 Å². The molecule has 1 saturated heterocycles. The molecule has 2 aliphatic rings. The molecule has 1 unspecified atom stereocenters. The molecule has 1 aromatic carbocycles. The Morgan fingerprint density at radius 3 is 2.90 bits per heavy atom. The lowest BCUT2D eigenvalue weighted by molar-refractivity contribution is 0.0496. The fourth-order valence-corrected chi connectivity index (χ4v) is 3.34. The monoisotopic (exact) mass is 275 g/mol. The van der Waals surface area contributed by atoms with Crippen molar-refractivity contribution in [1.29, 1.82) is 0 Å². The van der Waals surface area contributed by atoms with Gasteiger partial charge in [-0.1, -0.05) is 19.1 Å². The minimum Gasteiger partial charge on any atom is -0.493 e. The molecule has 0 radical (unpaired) electrons. The number of nitrogens with one attached hydrogen (secondary N) is 1. The number of benzene rings is 1. The van der Waals surface area contributed by atoms with Crippen LogP contribution in [0.4, 0.5) is 0 Å². The number of hydrogen-bond acceptors (Lipinski definition) is 3. The van der Waals surface area contributed by atoms with Crippen LogP contribution >= 0.6 is 0 Å². The van der Waals surface area contributed by atoms with Gasteiger partial charge in [0.05, 0.1) is 6.61 Å². The van der Waals surface area contributed by atoms with Gasteiger partial charge in [-0.2, -0.15) is 0 Å². The highest BCUT2D eigenvalue weighted by molar-refractivity contribution is 5.45. The molecule has 0 amide bonds. The van der Waals surface area contributed by atoms with E-state index in [1.165, 1.54) is 17.5 Å². The number of rotatable bonds is 5. The summed E-state index contributed by atoms with van der Waals surface area (Å²) >= 11 is 0.